The van der Waals surface area contributed by atoms with Gasteiger partial charge in [-0.2, -0.15) is 0 Å². The third-order valence-electron chi connectivity index (χ3n) is 5.71. The van der Waals surface area contributed by atoms with Gasteiger partial charge in [-0.1, -0.05) is 35.4 Å². The van der Waals surface area contributed by atoms with Crippen molar-refractivity contribution >= 4 is 28.4 Å². The summed E-state index contributed by atoms with van der Waals surface area (Å²) >= 11 is 6.55. The molecule has 2 aromatic carbocycles. The van der Waals surface area contributed by atoms with Crippen LogP contribution < -0.4 is 4.74 Å². The molecule has 0 atom stereocenters. The predicted octanol–water partition coefficient (Wildman–Crippen LogP) is 5.49. The first kappa shape index (κ1) is 20.7. The number of ether oxygens (including phenoxy) is 1. The van der Waals surface area contributed by atoms with Crippen LogP contribution in [0, 0.1) is 19.8 Å². The number of methoxy groups -OCH3 is 1. The molecule has 0 radical (unpaired) electrons. The van der Waals surface area contributed by atoms with E-state index in [0.717, 1.165) is 47.0 Å². The summed E-state index contributed by atoms with van der Waals surface area (Å²) in [6.45, 7) is 5.28. The highest BCUT2D eigenvalue weighted by molar-refractivity contribution is 6.30. The van der Waals surface area contributed by atoms with Crippen molar-refractivity contribution in [3.8, 4) is 5.75 Å². The van der Waals surface area contributed by atoms with Gasteiger partial charge in [-0.05, 0) is 68.5 Å². The van der Waals surface area contributed by atoms with Gasteiger partial charge in [0.15, 0.2) is 0 Å². The lowest BCUT2D eigenvalue weighted by Gasteiger charge is -2.24. The number of hydrogen-bond donors (Lipinski definition) is 0. The van der Waals surface area contributed by atoms with Crippen molar-refractivity contribution in [1.29, 1.82) is 0 Å². The van der Waals surface area contributed by atoms with Gasteiger partial charge in [-0.3, -0.25) is 4.79 Å². The van der Waals surface area contributed by atoms with E-state index in [1.54, 1.807) is 7.11 Å². The molecule has 0 unspecified atom stereocenters. The molecule has 1 aromatic heterocycles. The molecule has 5 heteroatoms. The Labute approximate surface area is 182 Å². The first-order valence-corrected chi connectivity index (χ1v) is 10.8. The van der Waals surface area contributed by atoms with E-state index in [9.17, 15) is 4.79 Å². The third-order valence-corrected chi connectivity index (χ3v) is 6.04. The average molecular weight is 423 g/mol. The maximum atomic E-state index is 13.0. The van der Waals surface area contributed by atoms with Crippen LogP contribution in [0.3, 0.4) is 0 Å². The monoisotopic (exact) mass is 422 g/mol. The fourth-order valence-electron chi connectivity index (χ4n) is 3.90. The van der Waals surface area contributed by atoms with Crippen LogP contribution >= 0.6 is 11.6 Å². The van der Waals surface area contributed by atoms with Crippen LogP contribution in [0.4, 0.5) is 0 Å². The fourth-order valence-corrected chi connectivity index (χ4v) is 4.10. The number of halogens is 1. The van der Waals surface area contributed by atoms with Gasteiger partial charge in [0, 0.05) is 30.0 Å². The second kappa shape index (κ2) is 8.65. The summed E-state index contributed by atoms with van der Waals surface area (Å²) in [5, 5.41) is 1.55. The van der Waals surface area contributed by atoms with Crippen molar-refractivity contribution in [1.82, 2.24) is 9.88 Å². The Bertz CT molecular complexity index is 1070. The van der Waals surface area contributed by atoms with E-state index in [1.165, 1.54) is 11.1 Å². The normalized spacial score (nSPS) is 13.5. The summed E-state index contributed by atoms with van der Waals surface area (Å²) in [7, 11) is 1.66. The number of hydrogen-bond acceptors (Lipinski definition) is 3. The maximum absolute atomic E-state index is 13.0. The van der Waals surface area contributed by atoms with Gasteiger partial charge in [-0.15, -0.1) is 0 Å². The lowest BCUT2D eigenvalue weighted by atomic mass is 10.0. The van der Waals surface area contributed by atoms with Crippen molar-refractivity contribution in [3.63, 3.8) is 0 Å². The van der Waals surface area contributed by atoms with E-state index < -0.39 is 0 Å². The lowest BCUT2D eigenvalue weighted by Crippen LogP contribution is -2.33. The van der Waals surface area contributed by atoms with Gasteiger partial charge in [0.2, 0.25) is 5.91 Å². The number of benzene rings is 2. The Morgan fingerprint density at radius 3 is 2.57 bits per heavy atom. The van der Waals surface area contributed by atoms with Gasteiger partial charge in [0.25, 0.3) is 0 Å². The Kier molecular flexibility index (Phi) is 5.96. The molecule has 0 aliphatic heterocycles. The summed E-state index contributed by atoms with van der Waals surface area (Å²) in [6.07, 6.45) is 2.76. The van der Waals surface area contributed by atoms with Gasteiger partial charge in [0.1, 0.15) is 10.9 Å². The van der Waals surface area contributed by atoms with Crippen LogP contribution in [0.1, 0.15) is 35.1 Å². The maximum Gasteiger partial charge on any atom is 0.225 e. The molecular formula is C25H27ClN2O2. The molecular weight excluding hydrogens is 396 g/mol. The van der Waals surface area contributed by atoms with E-state index in [-0.39, 0.29) is 11.8 Å². The number of aryl methyl sites for hydroxylation is 2. The van der Waals surface area contributed by atoms with Gasteiger partial charge < -0.3 is 9.64 Å². The number of nitrogens with zero attached hydrogens (tertiary/aromatic N) is 2. The molecule has 1 amide bonds. The number of pyridine rings is 1. The molecule has 30 heavy (non-hydrogen) atoms. The lowest BCUT2D eigenvalue weighted by molar-refractivity contribution is -0.133. The van der Waals surface area contributed by atoms with Gasteiger partial charge in [-0.25, -0.2) is 4.98 Å². The average Bonchev–Trinajstić information content (AvgIpc) is 3.57. The van der Waals surface area contributed by atoms with Crippen molar-refractivity contribution in [3.05, 3.63) is 69.9 Å². The minimum Gasteiger partial charge on any atom is -0.497 e. The number of rotatable bonds is 7. The number of fused-ring (bicyclic) bond motifs is 1. The van der Waals surface area contributed by atoms with E-state index in [0.29, 0.717) is 18.2 Å². The third kappa shape index (κ3) is 4.59. The topological polar surface area (TPSA) is 42.4 Å². The molecule has 1 saturated carbocycles. The molecule has 0 bridgehead atoms. The Morgan fingerprint density at radius 1 is 1.17 bits per heavy atom. The zero-order chi connectivity index (χ0) is 21.3. The number of amides is 1. The highest BCUT2D eigenvalue weighted by atomic mass is 35.5. The minimum absolute atomic E-state index is 0.164. The van der Waals surface area contributed by atoms with E-state index in [4.69, 9.17) is 16.3 Å². The largest absolute Gasteiger partial charge is 0.497 e. The predicted molar refractivity (Wildman–Crippen MR) is 121 cm³/mol. The molecule has 1 fully saturated rings. The Balaban J connectivity index is 1.56. The van der Waals surface area contributed by atoms with E-state index >= 15 is 0 Å². The van der Waals surface area contributed by atoms with Crippen molar-refractivity contribution in [2.24, 2.45) is 5.92 Å². The molecule has 0 spiro atoms. The second-order valence-corrected chi connectivity index (χ2v) is 8.58. The SMILES string of the molecule is COc1ccc(CCN(Cc2cc3cc(C)cc(C)c3nc2Cl)C(=O)C2CC2)cc1. The van der Waals surface area contributed by atoms with Crippen LogP contribution in [0.15, 0.2) is 42.5 Å². The van der Waals surface area contributed by atoms with Crippen LogP contribution in [-0.4, -0.2) is 29.4 Å². The smallest absolute Gasteiger partial charge is 0.225 e. The summed E-state index contributed by atoms with van der Waals surface area (Å²) < 4.78 is 5.23. The van der Waals surface area contributed by atoms with Crippen molar-refractivity contribution < 1.29 is 9.53 Å². The highest BCUT2D eigenvalue weighted by Gasteiger charge is 2.33. The van der Waals surface area contributed by atoms with Gasteiger partial charge >= 0.3 is 0 Å². The highest BCUT2D eigenvalue weighted by Crippen LogP contribution is 2.32. The molecule has 1 heterocycles. The quantitative estimate of drug-likeness (QED) is 0.472. The summed E-state index contributed by atoms with van der Waals surface area (Å²) in [4.78, 5) is 19.5. The van der Waals surface area contributed by atoms with Crippen LogP contribution in [0.2, 0.25) is 5.15 Å². The van der Waals surface area contributed by atoms with Crippen LogP contribution in [0.25, 0.3) is 10.9 Å². The van der Waals surface area contributed by atoms with Gasteiger partial charge in [0.05, 0.1) is 12.6 Å². The Hall–Kier alpha value is -2.59. The molecule has 1 aliphatic carbocycles. The van der Waals surface area contributed by atoms with Crippen LogP contribution in [0.5, 0.6) is 5.75 Å². The molecule has 156 valence electrons. The van der Waals surface area contributed by atoms with Crippen molar-refractivity contribution in [2.75, 3.05) is 13.7 Å². The molecule has 0 saturated heterocycles. The first-order chi connectivity index (χ1) is 14.4. The number of carbonyl (C=O) groups excluding carboxylic acids is 1. The van der Waals surface area contributed by atoms with Crippen LogP contribution in [-0.2, 0) is 17.8 Å². The molecule has 1 aliphatic rings. The fraction of sp³-hybridized carbons (Fsp3) is 0.360. The number of carbonyl (C=O) groups is 1. The second-order valence-electron chi connectivity index (χ2n) is 8.22. The van der Waals surface area contributed by atoms with Crippen molar-refractivity contribution in [2.45, 2.75) is 39.7 Å². The number of aromatic nitrogens is 1. The molecule has 4 nitrogen and oxygen atoms in total. The molecule has 3 aromatic rings. The van der Waals surface area contributed by atoms with E-state index in [1.807, 2.05) is 17.0 Å². The molecule has 0 N–H and O–H groups in total. The zero-order valence-corrected chi connectivity index (χ0v) is 18.5. The standard InChI is InChI=1S/C25H27ClN2O2/c1-16-12-17(2)23-20(13-16)14-21(24(26)27-23)15-28(25(29)19-6-7-19)11-10-18-4-8-22(30-3)9-5-18/h4-5,8-9,12-14,19H,6-7,10-11,15H2,1-3H3. The Morgan fingerprint density at radius 2 is 1.90 bits per heavy atom. The molecule has 4 rings (SSSR count). The van der Waals surface area contributed by atoms with E-state index in [2.05, 4.69) is 49.2 Å². The zero-order valence-electron chi connectivity index (χ0n) is 17.7. The first-order valence-electron chi connectivity index (χ1n) is 10.4. The summed E-state index contributed by atoms with van der Waals surface area (Å²) in [5.41, 5.74) is 5.31. The summed E-state index contributed by atoms with van der Waals surface area (Å²) in [5.74, 6) is 1.22. The minimum atomic E-state index is 0.164. The summed E-state index contributed by atoms with van der Waals surface area (Å²) in [6, 6.07) is 14.3.